The Hall–Kier alpha value is -3.00. The summed E-state index contributed by atoms with van der Waals surface area (Å²) in [6.45, 7) is 9.96. The summed E-state index contributed by atoms with van der Waals surface area (Å²) in [4.78, 5) is 19.3. The molecule has 0 saturated carbocycles. The van der Waals surface area contributed by atoms with Crippen molar-refractivity contribution in [2.45, 2.75) is 39.8 Å². The van der Waals surface area contributed by atoms with Gasteiger partial charge in [-0.2, -0.15) is 0 Å². The summed E-state index contributed by atoms with van der Waals surface area (Å²) in [5, 5.41) is 6.14. The van der Waals surface area contributed by atoms with Crippen LogP contribution in [0.2, 0.25) is 0 Å². The fourth-order valence-corrected chi connectivity index (χ4v) is 3.43. The highest BCUT2D eigenvalue weighted by molar-refractivity contribution is 5.92. The van der Waals surface area contributed by atoms with Crippen LogP contribution in [0, 0.1) is 0 Å². The molecule has 0 radical (unpaired) electrons. The third kappa shape index (κ3) is 6.49. The molecule has 0 aliphatic rings. The van der Waals surface area contributed by atoms with Crippen LogP contribution in [0.25, 0.3) is 0 Å². The SMILES string of the molecule is COc1cc(Nc2cccc(C(=O)NCCN(C(C)C)C(C)C)n2)cc(OC)c1OC. The van der Waals surface area contributed by atoms with E-state index < -0.39 is 0 Å². The minimum atomic E-state index is -0.207. The second-order valence-electron chi connectivity index (χ2n) is 7.63. The Morgan fingerprint density at radius 3 is 2.13 bits per heavy atom. The molecule has 1 heterocycles. The topological polar surface area (TPSA) is 85.0 Å². The van der Waals surface area contributed by atoms with Crippen molar-refractivity contribution < 1.29 is 19.0 Å². The highest BCUT2D eigenvalue weighted by Gasteiger charge is 2.16. The molecule has 0 spiro atoms. The van der Waals surface area contributed by atoms with E-state index in [9.17, 15) is 4.79 Å². The van der Waals surface area contributed by atoms with Crippen LogP contribution in [0.3, 0.4) is 0 Å². The van der Waals surface area contributed by atoms with Gasteiger partial charge in [-0.3, -0.25) is 9.69 Å². The minimum absolute atomic E-state index is 0.207. The number of nitrogens with one attached hydrogen (secondary N) is 2. The van der Waals surface area contributed by atoms with Gasteiger partial charge >= 0.3 is 0 Å². The summed E-state index contributed by atoms with van der Waals surface area (Å²) >= 11 is 0. The number of methoxy groups -OCH3 is 3. The molecule has 0 aliphatic carbocycles. The number of anilines is 2. The maximum atomic E-state index is 12.6. The predicted octanol–water partition coefficient (Wildman–Crippen LogP) is 3.70. The average molecular weight is 431 g/mol. The van der Waals surface area contributed by atoms with E-state index >= 15 is 0 Å². The minimum Gasteiger partial charge on any atom is -0.493 e. The monoisotopic (exact) mass is 430 g/mol. The molecule has 0 atom stereocenters. The van der Waals surface area contributed by atoms with Crippen LogP contribution < -0.4 is 24.8 Å². The lowest BCUT2D eigenvalue weighted by Crippen LogP contribution is -2.42. The molecule has 0 fully saturated rings. The summed E-state index contributed by atoms with van der Waals surface area (Å²) in [6.07, 6.45) is 0. The van der Waals surface area contributed by atoms with E-state index in [0.717, 1.165) is 6.54 Å². The van der Waals surface area contributed by atoms with Crippen molar-refractivity contribution in [1.29, 1.82) is 0 Å². The van der Waals surface area contributed by atoms with E-state index in [-0.39, 0.29) is 5.91 Å². The van der Waals surface area contributed by atoms with Crippen LogP contribution in [0.4, 0.5) is 11.5 Å². The first-order chi connectivity index (χ1) is 14.8. The van der Waals surface area contributed by atoms with Gasteiger partial charge < -0.3 is 24.8 Å². The number of benzene rings is 1. The molecule has 2 rings (SSSR count). The number of aromatic nitrogens is 1. The molecule has 0 saturated heterocycles. The first kappa shape index (κ1) is 24.3. The molecule has 8 heteroatoms. The van der Waals surface area contributed by atoms with Crippen LogP contribution in [0.5, 0.6) is 17.2 Å². The standard InChI is InChI=1S/C23H34N4O4/c1-15(2)27(16(3)4)12-11-24-23(28)18-9-8-10-21(26-18)25-17-13-19(29-5)22(31-7)20(14-17)30-6/h8-10,13-16H,11-12H2,1-7H3,(H,24,28)(H,25,26). The van der Waals surface area contributed by atoms with Crippen LogP contribution in [-0.4, -0.2) is 62.3 Å². The summed E-state index contributed by atoms with van der Waals surface area (Å²) in [7, 11) is 4.67. The maximum Gasteiger partial charge on any atom is 0.270 e. The zero-order chi connectivity index (χ0) is 23.0. The van der Waals surface area contributed by atoms with Crippen LogP contribution in [-0.2, 0) is 0 Å². The van der Waals surface area contributed by atoms with E-state index in [2.05, 4.69) is 48.2 Å². The Kier molecular flexibility index (Phi) is 8.93. The number of hydrogen-bond donors (Lipinski definition) is 2. The average Bonchev–Trinajstić information content (AvgIpc) is 2.75. The summed E-state index contributed by atoms with van der Waals surface area (Å²) < 4.78 is 16.1. The Morgan fingerprint density at radius 2 is 1.61 bits per heavy atom. The number of carbonyl (C=O) groups excluding carboxylic acids is 1. The Balaban J connectivity index is 2.09. The predicted molar refractivity (Wildman–Crippen MR) is 123 cm³/mol. The molecule has 1 amide bonds. The lowest BCUT2D eigenvalue weighted by Gasteiger charge is -2.30. The Bertz CT molecular complexity index is 837. The van der Waals surface area contributed by atoms with Gasteiger partial charge in [0.25, 0.3) is 5.91 Å². The molecule has 1 aromatic carbocycles. The molecule has 31 heavy (non-hydrogen) atoms. The van der Waals surface area contributed by atoms with Gasteiger partial charge in [-0.15, -0.1) is 0 Å². The number of rotatable bonds is 11. The van der Waals surface area contributed by atoms with Crippen LogP contribution in [0.15, 0.2) is 30.3 Å². The first-order valence-electron chi connectivity index (χ1n) is 10.4. The second-order valence-corrected chi connectivity index (χ2v) is 7.63. The third-order valence-corrected chi connectivity index (χ3v) is 4.90. The highest BCUT2D eigenvalue weighted by atomic mass is 16.5. The number of nitrogens with zero attached hydrogens (tertiary/aromatic N) is 2. The van der Waals surface area contributed by atoms with Crippen molar-refractivity contribution in [3.8, 4) is 17.2 Å². The number of ether oxygens (including phenoxy) is 3. The summed E-state index contributed by atoms with van der Waals surface area (Å²) in [6, 6.07) is 9.67. The maximum absolute atomic E-state index is 12.6. The number of carbonyl (C=O) groups is 1. The Labute approximate surface area is 184 Å². The zero-order valence-electron chi connectivity index (χ0n) is 19.5. The quantitative estimate of drug-likeness (QED) is 0.562. The van der Waals surface area contributed by atoms with Gasteiger partial charge in [0.2, 0.25) is 5.75 Å². The van der Waals surface area contributed by atoms with Gasteiger partial charge in [0.15, 0.2) is 11.5 Å². The molecular weight excluding hydrogens is 396 g/mol. The molecule has 8 nitrogen and oxygen atoms in total. The molecular formula is C23H34N4O4. The van der Waals surface area contributed by atoms with Gasteiger partial charge in [-0.05, 0) is 39.8 Å². The van der Waals surface area contributed by atoms with E-state index in [1.165, 1.54) is 0 Å². The number of hydrogen-bond acceptors (Lipinski definition) is 7. The third-order valence-electron chi connectivity index (χ3n) is 4.90. The van der Waals surface area contributed by atoms with Gasteiger partial charge in [-0.25, -0.2) is 4.98 Å². The van der Waals surface area contributed by atoms with E-state index in [0.29, 0.717) is 53.1 Å². The lowest BCUT2D eigenvalue weighted by molar-refractivity contribution is 0.0934. The molecule has 0 unspecified atom stereocenters. The van der Waals surface area contributed by atoms with Crippen molar-refractivity contribution >= 4 is 17.4 Å². The normalized spacial score (nSPS) is 11.0. The Morgan fingerprint density at radius 1 is 1.00 bits per heavy atom. The summed E-state index contributed by atoms with van der Waals surface area (Å²) in [5.41, 5.74) is 1.04. The van der Waals surface area contributed by atoms with Crippen molar-refractivity contribution in [2.75, 3.05) is 39.7 Å². The van der Waals surface area contributed by atoms with Crippen LogP contribution in [0.1, 0.15) is 38.2 Å². The number of amides is 1. The van der Waals surface area contributed by atoms with Crippen molar-refractivity contribution in [3.63, 3.8) is 0 Å². The van der Waals surface area contributed by atoms with Gasteiger partial charge in [0.1, 0.15) is 11.5 Å². The van der Waals surface area contributed by atoms with Crippen molar-refractivity contribution in [2.24, 2.45) is 0 Å². The highest BCUT2D eigenvalue weighted by Crippen LogP contribution is 2.40. The van der Waals surface area contributed by atoms with Gasteiger partial charge in [-0.1, -0.05) is 6.07 Å². The largest absolute Gasteiger partial charge is 0.493 e. The smallest absolute Gasteiger partial charge is 0.270 e. The van der Waals surface area contributed by atoms with E-state index in [1.807, 2.05) is 0 Å². The summed E-state index contributed by atoms with van der Waals surface area (Å²) in [5.74, 6) is 1.89. The molecule has 2 aromatic rings. The second kappa shape index (κ2) is 11.4. The van der Waals surface area contributed by atoms with Crippen LogP contribution >= 0.6 is 0 Å². The van der Waals surface area contributed by atoms with Gasteiger partial charge in [0, 0.05) is 43.0 Å². The van der Waals surface area contributed by atoms with Crippen molar-refractivity contribution in [3.05, 3.63) is 36.0 Å². The fourth-order valence-electron chi connectivity index (χ4n) is 3.43. The molecule has 0 aliphatic heterocycles. The number of pyridine rings is 1. The molecule has 0 bridgehead atoms. The molecule has 170 valence electrons. The zero-order valence-corrected chi connectivity index (χ0v) is 19.5. The lowest BCUT2D eigenvalue weighted by atomic mass is 10.2. The fraction of sp³-hybridized carbons (Fsp3) is 0.478. The first-order valence-corrected chi connectivity index (χ1v) is 10.4. The molecule has 1 aromatic heterocycles. The van der Waals surface area contributed by atoms with Crippen molar-refractivity contribution in [1.82, 2.24) is 15.2 Å². The van der Waals surface area contributed by atoms with E-state index in [1.54, 1.807) is 51.7 Å². The van der Waals surface area contributed by atoms with E-state index in [4.69, 9.17) is 14.2 Å². The van der Waals surface area contributed by atoms with Gasteiger partial charge in [0.05, 0.1) is 21.3 Å². The molecule has 2 N–H and O–H groups in total.